The average Bonchev–Trinajstić information content (AvgIpc) is 2.83. The van der Waals surface area contributed by atoms with Gasteiger partial charge in [0.1, 0.15) is 5.84 Å². The first kappa shape index (κ1) is 23.1. The summed E-state index contributed by atoms with van der Waals surface area (Å²) in [4.78, 5) is 9.19. The smallest absolute Gasteiger partial charge is 0.126 e. The second-order valence-electron chi connectivity index (χ2n) is 7.60. The predicted octanol–water partition coefficient (Wildman–Crippen LogP) is 3.51. The number of amidine groups is 1. The highest BCUT2D eigenvalue weighted by Gasteiger charge is 2.15. The number of allylic oxidation sites excluding steroid dienone is 4. The zero-order valence-electron chi connectivity index (χ0n) is 18.6. The van der Waals surface area contributed by atoms with Gasteiger partial charge in [0.05, 0.1) is 24.0 Å². The van der Waals surface area contributed by atoms with E-state index in [1.54, 1.807) is 18.5 Å². The topological polar surface area (TPSA) is 76.6 Å². The standard InChI is InChI=1S/C25H33N7/c1-4-5-13-26-19-25(29-21(3)23-11-7-8-14-28-23)30-24-12-15-27-18-22(24)20(2)31-32-16-9-6-10-17-32/h4-5,7-8,11-15,18,23,26,28,31H,1-3,6,9-10,16-17,19H2,(H,27,29,30)/b13-5-. The molecule has 1 fully saturated rings. The molecule has 0 bridgehead atoms. The van der Waals surface area contributed by atoms with Crippen LogP contribution in [0.15, 0.2) is 91.7 Å². The number of hydrazine groups is 1. The predicted molar refractivity (Wildman–Crippen MR) is 134 cm³/mol. The molecule has 3 rings (SSSR count). The molecule has 1 unspecified atom stereocenters. The highest BCUT2D eigenvalue weighted by atomic mass is 15.5. The van der Waals surface area contributed by atoms with E-state index in [9.17, 15) is 0 Å². The Kier molecular flexibility index (Phi) is 8.89. The van der Waals surface area contributed by atoms with E-state index in [2.05, 4.69) is 51.1 Å². The molecule has 1 atom stereocenters. The Morgan fingerprint density at radius 2 is 2.09 bits per heavy atom. The molecule has 4 N–H and O–H groups in total. The van der Waals surface area contributed by atoms with Crippen LogP contribution in [0.2, 0.25) is 0 Å². The first-order valence-corrected chi connectivity index (χ1v) is 11.0. The van der Waals surface area contributed by atoms with Crippen LogP contribution in [0.4, 0.5) is 5.69 Å². The molecule has 0 aromatic carbocycles. The van der Waals surface area contributed by atoms with Crippen LogP contribution >= 0.6 is 0 Å². The Balaban J connectivity index is 1.78. The normalized spacial score (nSPS) is 18.8. The zero-order chi connectivity index (χ0) is 22.6. The summed E-state index contributed by atoms with van der Waals surface area (Å²) in [7, 11) is 0. The quantitative estimate of drug-likeness (QED) is 0.258. The largest absolute Gasteiger partial charge is 0.384 e. The summed E-state index contributed by atoms with van der Waals surface area (Å²) in [6.07, 6.45) is 20.5. The van der Waals surface area contributed by atoms with Crippen LogP contribution in [-0.2, 0) is 0 Å². The van der Waals surface area contributed by atoms with Gasteiger partial charge < -0.3 is 21.4 Å². The van der Waals surface area contributed by atoms with Gasteiger partial charge in [-0.1, -0.05) is 44.4 Å². The highest BCUT2D eigenvalue weighted by molar-refractivity contribution is 5.89. The van der Waals surface area contributed by atoms with Crippen molar-refractivity contribution < 1.29 is 0 Å². The van der Waals surface area contributed by atoms with E-state index < -0.39 is 0 Å². The van der Waals surface area contributed by atoms with Crippen LogP contribution in [0.1, 0.15) is 24.8 Å². The maximum atomic E-state index is 4.90. The van der Waals surface area contributed by atoms with Crippen LogP contribution in [0.5, 0.6) is 0 Å². The second kappa shape index (κ2) is 12.3. The Hall–Kier alpha value is -3.58. The highest BCUT2D eigenvalue weighted by Crippen LogP contribution is 2.24. The van der Waals surface area contributed by atoms with E-state index in [1.165, 1.54) is 19.3 Å². The van der Waals surface area contributed by atoms with Crippen molar-refractivity contribution in [1.29, 1.82) is 0 Å². The van der Waals surface area contributed by atoms with E-state index in [-0.39, 0.29) is 6.04 Å². The van der Waals surface area contributed by atoms with Gasteiger partial charge in [-0.2, -0.15) is 0 Å². The molecule has 1 saturated heterocycles. The van der Waals surface area contributed by atoms with Crippen LogP contribution in [0, 0.1) is 0 Å². The summed E-state index contributed by atoms with van der Waals surface area (Å²) in [5.41, 5.74) is 6.67. The summed E-state index contributed by atoms with van der Waals surface area (Å²) in [5.74, 6) is 0.728. The van der Waals surface area contributed by atoms with E-state index in [0.717, 1.165) is 41.6 Å². The third-order valence-corrected chi connectivity index (χ3v) is 5.11. The van der Waals surface area contributed by atoms with Crippen molar-refractivity contribution in [3.05, 3.63) is 92.2 Å². The second-order valence-corrected chi connectivity index (χ2v) is 7.60. The molecule has 0 aliphatic carbocycles. The van der Waals surface area contributed by atoms with Crippen LogP contribution in [0.3, 0.4) is 0 Å². The minimum Gasteiger partial charge on any atom is -0.384 e. The monoisotopic (exact) mass is 431 g/mol. The number of nitrogens with one attached hydrogen (secondary N) is 4. The minimum atomic E-state index is -0.0124. The Morgan fingerprint density at radius 1 is 1.25 bits per heavy atom. The molecule has 0 radical (unpaired) electrons. The fraction of sp³-hybridized carbons (Fsp3) is 0.280. The van der Waals surface area contributed by atoms with Gasteiger partial charge in [-0.25, -0.2) is 10.0 Å². The Bertz CT molecular complexity index is 920. The summed E-state index contributed by atoms with van der Waals surface area (Å²) >= 11 is 0. The van der Waals surface area contributed by atoms with Crippen LogP contribution < -0.4 is 21.4 Å². The molecule has 2 aliphatic heterocycles. The van der Waals surface area contributed by atoms with E-state index >= 15 is 0 Å². The van der Waals surface area contributed by atoms with Crippen molar-refractivity contribution in [2.75, 3.05) is 19.6 Å². The van der Waals surface area contributed by atoms with Crippen molar-refractivity contribution in [2.45, 2.75) is 25.3 Å². The van der Waals surface area contributed by atoms with Crippen LogP contribution in [0.25, 0.3) is 5.70 Å². The van der Waals surface area contributed by atoms with Gasteiger partial charge in [0.2, 0.25) is 0 Å². The van der Waals surface area contributed by atoms with Crippen molar-refractivity contribution in [2.24, 2.45) is 4.99 Å². The Labute approximate surface area is 191 Å². The summed E-state index contributed by atoms with van der Waals surface area (Å²) in [6, 6.07) is 1.88. The molecule has 0 saturated carbocycles. The van der Waals surface area contributed by atoms with Gasteiger partial charge in [0.25, 0.3) is 0 Å². The molecular weight excluding hydrogens is 398 g/mol. The molecular formula is C25H33N7. The molecule has 7 nitrogen and oxygen atoms in total. The number of dihydropyridines is 1. The van der Waals surface area contributed by atoms with Gasteiger partial charge in [0.15, 0.2) is 0 Å². The summed E-state index contributed by atoms with van der Waals surface area (Å²) in [5, 5.41) is 12.1. The van der Waals surface area contributed by atoms with Crippen molar-refractivity contribution in [3.63, 3.8) is 0 Å². The number of pyridine rings is 1. The SMILES string of the molecule is C=C/C=C\NCC(=Nc1ccncc1C(=C)NN1CCCCC1)NC(=C)C1C=CC=CN1. The van der Waals surface area contributed by atoms with Gasteiger partial charge >= 0.3 is 0 Å². The lowest BCUT2D eigenvalue weighted by molar-refractivity contribution is 0.189. The van der Waals surface area contributed by atoms with Gasteiger partial charge in [-0.05, 0) is 43.5 Å². The summed E-state index contributed by atoms with van der Waals surface area (Å²) in [6.45, 7) is 14.6. The lowest BCUT2D eigenvalue weighted by atomic mass is 10.1. The minimum absolute atomic E-state index is 0.0124. The number of aliphatic imine (C=N–C) groups is 1. The average molecular weight is 432 g/mol. The molecule has 168 valence electrons. The van der Waals surface area contributed by atoms with Crippen molar-refractivity contribution in [1.82, 2.24) is 31.4 Å². The number of rotatable bonds is 10. The van der Waals surface area contributed by atoms with Gasteiger partial charge in [-0.3, -0.25) is 4.98 Å². The molecule has 7 heteroatoms. The van der Waals surface area contributed by atoms with Crippen LogP contribution in [-0.4, -0.2) is 41.5 Å². The summed E-state index contributed by atoms with van der Waals surface area (Å²) < 4.78 is 0. The third kappa shape index (κ3) is 6.99. The van der Waals surface area contributed by atoms with E-state index in [4.69, 9.17) is 4.99 Å². The molecule has 1 aromatic rings. The number of piperidine rings is 1. The van der Waals surface area contributed by atoms with Crippen molar-refractivity contribution >= 4 is 17.2 Å². The first-order valence-electron chi connectivity index (χ1n) is 11.0. The molecule has 0 amide bonds. The molecule has 32 heavy (non-hydrogen) atoms. The lowest BCUT2D eigenvalue weighted by Crippen LogP contribution is -2.40. The fourth-order valence-corrected chi connectivity index (χ4v) is 3.45. The molecule has 2 aliphatic rings. The van der Waals surface area contributed by atoms with E-state index in [1.807, 2.05) is 42.8 Å². The number of aromatic nitrogens is 1. The van der Waals surface area contributed by atoms with Gasteiger partial charge in [-0.15, -0.1) is 0 Å². The lowest BCUT2D eigenvalue weighted by Gasteiger charge is -2.29. The zero-order valence-corrected chi connectivity index (χ0v) is 18.6. The maximum absolute atomic E-state index is 4.90. The molecule has 3 heterocycles. The molecule has 1 aromatic heterocycles. The maximum Gasteiger partial charge on any atom is 0.126 e. The first-order chi connectivity index (χ1) is 15.7. The number of nitrogens with zero attached hydrogens (tertiary/aromatic N) is 3. The van der Waals surface area contributed by atoms with Gasteiger partial charge in [0, 0.05) is 36.7 Å². The van der Waals surface area contributed by atoms with E-state index in [0.29, 0.717) is 6.54 Å². The molecule has 0 spiro atoms. The fourth-order valence-electron chi connectivity index (χ4n) is 3.45. The third-order valence-electron chi connectivity index (χ3n) is 5.11. The van der Waals surface area contributed by atoms with Crippen molar-refractivity contribution in [3.8, 4) is 0 Å². The Morgan fingerprint density at radius 3 is 2.84 bits per heavy atom. The number of hydrogen-bond acceptors (Lipinski definition) is 6. The number of hydrogen-bond donors (Lipinski definition) is 4.